The number of aromatic hydroxyl groups is 1. The van der Waals surface area contributed by atoms with Crippen molar-refractivity contribution in [2.75, 3.05) is 13.6 Å². The van der Waals surface area contributed by atoms with Gasteiger partial charge in [-0.15, -0.1) is 0 Å². The number of hydrogen-bond donors (Lipinski definition) is 1. The van der Waals surface area contributed by atoms with E-state index in [4.69, 9.17) is 11.6 Å². The standard InChI is InChI=1S/C12H17ClN2O/c1-4-5-15(3)8-14-11-7-10(13)12(16)6-9(11)2/h6-8,16H,4-5H2,1-3H3. The number of halogens is 1. The maximum atomic E-state index is 9.39. The lowest BCUT2D eigenvalue weighted by Crippen LogP contribution is -2.16. The first kappa shape index (κ1) is 12.8. The van der Waals surface area contributed by atoms with Gasteiger partial charge in [-0.1, -0.05) is 18.5 Å². The molecule has 0 unspecified atom stereocenters. The van der Waals surface area contributed by atoms with Crippen molar-refractivity contribution >= 4 is 23.6 Å². The summed E-state index contributed by atoms with van der Waals surface area (Å²) in [4.78, 5) is 6.35. The molecule has 3 nitrogen and oxygen atoms in total. The summed E-state index contributed by atoms with van der Waals surface area (Å²) in [6.45, 7) is 4.98. The van der Waals surface area contributed by atoms with Crippen LogP contribution >= 0.6 is 11.6 Å². The average molecular weight is 241 g/mol. The van der Waals surface area contributed by atoms with Crippen LogP contribution in [-0.4, -0.2) is 29.9 Å². The molecule has 0 aliphatic carbocycles. The summed E-state index contributed by atoms with van der Waals surface area (Å²) in [5, 5.41) is 9.72. The van der Waals surface area contributed by atoms with Gasteiger partial charge in [0.2, 0.25) is 0 Å². The molecule has 1 N–H and O–H groups in total. The van der Waals surface area contributed by atoms with E-state index in [1.165, 1.54) is 0 Å². The third kappa shape index (κ3) is 3.42. The zero-order valence-corrected chi connectivity index (χ0v) is 10.6. The van der Waals surface area contributed by atoms with E-state index in [0.717, 1.165) is 24.2 Å². The SMILES string of the molecule is CCCN(C)C=Nc1cc(Cl)c(O)cc1C. The van der Waals surface area contributed by atoms with Gasteiger partial charge in [0.15, 0.2) is 0 Å². The third-order valence-corrected chi connectivity index (χ3v) is 2.54. The minimum atomic E-state index is 0.0972. The summed E-state index contributed by atoms with van der Waals surface area (Å²) in [6, 6.07) is 3.29. The molecule has 0 bridgehead atoms. The molecular weight excluding hydrogens is 224 g/mol. The molecule has 0 aliphatic heterocycles. The van der Waals surface area contributed by atoms with Crippen molar-refractivity contribution in [2.45, 2.75) is 20.3 Å². The van der Waals surface area contributed by atoms with E-state index in [-0.39, 0.29) is 5.75 Å². The number of aryl methyl sites for hydroxylation is 1. The monoisotopic (exact) mass is 240 g/mol. The molecule has 1 aromatic rings. The predicted octanol–water partition coefficient (Wildman–Crippen LogP) is 3.36. The average Bonchev–Trinajstić information content (AvgIpc) is 2.22. The molecule has 88 valence electrons. The highest BCUT2D eigenvalue weighted by Crippen LogP contribution is 2.31. The first-order valence-corrected chi connectivity index (χ1v) is 5.66. The number of phenols is 1. The molecule has 0 aliphatic rings. The van der Waals surface area contributed by atoms with Gasteiger partial charge in [-0.05, 0) is 31.0 Å². The maximum absolute atomic E-state index is 9.39. The lowest BCUT2D eigenvalue weighted by Gasteiger charge is -2.11. The number of aliphatic imine (C=N–C) groups is 1. The Morgan fingerprint density at radius 2 is 2.19 bits per heavy atom. The fourth-order valence-electron chi connectivity index (χ4n) is 1.37. The van der Waals surface area contributed by atoms with Crippen molar-refractivity contribution < 1.29 is 5.11 Å². The molecule has 0 spiro atoms. The highest BCUT2D eigenvalue weighted by Gasteiger charge is 2.03. The second-order valence-corrected chi connectivity index (χ2v) is 4.22. The Morgan fingerprint density at radius 1 is 1.50 bits per heavy atom. The first-order chi connectivity index (χ1) is 7.54. The van der Waals surface area contributed by atoms with Crippen LogP contribution in [0.25, 0.3) is 0 Å². The van der Waals surface area contributed by atoms with Gasteiger partial charge in [-0.2, -0.15) is 0 Å². The molecule has 0 radical (unpaired) electrons. The number of nitrogens with zero attached hydrogens (tertiary/aromatic N) is 2. The predicted molar refractivity (Wildman–Crippen MR) is 68.9 cm³/mol. The van der Waals surface area contributed by atoms with Crippen molar-refractivity contribution in [2.24, 2.45) is 4.99 Å². The molecule has 0 saturated heterocycles. The normalized spacial score (nSPS) is 11.0. The van der Waals surface area contributed by atoms with Crippen LogP contribution in [0.5, 0.6) is 5.75 Å². The van der Waals surface area contributed by atoms with Crippen molar-refractivity contribution in [3.05, 3.63) is 22.7 Å². The fourth-order valence-corrected chi connectivity index (χ4v) is 1.52. The highest BCUT2D eigenvalue weighted by molar-refractivity contribution is 6.32. The summed E-state index contributed by atoms with van der Waals surface area (Å²) in [5.41, 5.74) is 1.69. The van der Waals surface area contributed by atoms with Crippen molar-refractivity contribution in [3.63, 3.8) is 0 Å². The van der Waals surface area contributed by atoms with Crippen LogP contribution in [0.15, 0.2) is 17.1 Å². The van der Waals surface area contributed by atoms with Gasteiger partial charge >= 0.3 is 0 Å². The number of rotatable bonds is 4. The Labute approximate surface area is 101 Å². The molecular formula is C12H17ClN2O. The molecule has 0 fully saturated rings. The van der Waals surface area contributed by atoms with E-state index in [2.05, 4.69) is 11.9 Å². The summed E-state index contributed by atoms with van der Waals surface area (Å²) in [7, 11) is 1.98. The van der Waals surface area contributed by atoms with Crippen LogP contribution in [0.2, 0.25) is 5.02 Å². The number of hydrogen-bond acceptors (Lipinski definition) is 2. The van der Waals surface area contributed by atoms with Crippen LogP contribution in [0, 0.1) is 6.92 Å². The van der Waals surface area contributed by atoms with Crippen LogP contribution in [0.4, 0.5) is 5.69 Å². The van der Waals surface area contributed by atoms with Crippen molar-refractivity contribution in [1.29, 1.82) is 0 Å². The second kappa shape index (κ2) is 5.75. The highest BCUT2D eigenvalue weighted by atomic mass is 35.5. The molecule has 16 heavy (non-hydrogen) atoms. The first-order valence-electron chi connectivity index (χ1n) is 5.28. The molecule has 1 rings (SSSR count). The molecule has 0 atom stereocenters. The minimum absolute atomic E-state index is 0.0972. The van der Waals surface area contributed by atoms with E-state index >= 15 is 0 Å². The lowest BCUT2D eigenvalue weighted by atomic mass is 10.2. The van der Waals surface area contributed by atoms with Crippen LogP contribution < -0.4 is 0 Å². The Kier molecular flexibility index (Phi) is 4.62. The molecule has 0 saturated carbocycles. The van der Waals surface area contributed by atoms with Crippen molar-refractivity contribution in [3.8, 4) is 5.75 Å². The largest absolute Gasteiger partial charge is 0.506 e. The van der Waals surface area contributed by atoms with Gasteiger partial charge in [0.05, 0.1) is 17.0 Å². The molecule has 1 aromatic carbocycles. The van der Waals surface area contributed by atoms with Crippen LogP contribution in [-0.2, 0) is 0 Å². The van der Waals surface area contributed by atoms with Crippen LogP contribution in [0.1, 0.15) is 18.9 Å². The van der Waals surface area contributed by atoms with E-state index in [1.807, 2.05) is 18.9 Å². The fraction of sp³-hybridized carbons (Fsp3) is 0.417. The number of benzene rings is 1. The Balaban J connectivity index is 2.85. The Bertz CT molecular complexity index is 391. The molecule has 0 heterocycles. The summed E-state index contributed by atoms with van der Waals surface area (Å²) < 4.78 is 0. The smallest absolute Gasteiger partial charge is 0.134 e. The van der Waals surface area contributed by atoms with E-state index < -0.39 is 0 Å². The second-order valence-electron chi connectivity index (χ2n) is 3.82. The molecule has 4 heteroatoms. The zero-order chi connectivity index (χ0) is 12.1. The van der Waals surface area contributed by atoms with E-state index in [0.29, 0.717) is 5.02 Å². The molecule has 0 aromatic heterocycles. The van der Waals surface area contributed by atoms with Gasteiger partial charge < -0.3 is 10.0 Å². The number of phenolic OH excluding ortho intramolecular Hbond substituents is 1. The summed E-state index contributed by atoms with van der Waals surface area (Å²) >= 11 is 5.82. The minimum Gasteiger partial charge on any atom is -0.506 e. The molecule has 0 amide bonds. The van der Waals surface area contributed by atoms with Gasteiger partial charge in [-0.25, -0.2) is 4.99 Å². The summed E-state index contributed by atoms with van der Waals surface area (Å²) in [5.74, 6) is 0.0972. The topological polar surface area (TPSA) is 35.8 Å². The lowest BCUT2D eigenvalue weighted by molar-refractivity contribution is 0.475. The van der Waals surface area contributed by atoms with Gasteiger partial charge in [0.25, 0.3) is 0 Å². The van der Waals surface area contributed by atoms with Crippen molar-refractivity contribution in [1.82, 2.24) is 4.90 Å². The van der Waals surface area contributed by atoms with E-state index in [9.17, 15) is 5.11 Å². The van der Waals surface area contributed by atoms with E-state index in [1.54, 1.807) is 18.5 Å². The quantitative estimate of drug-likeness (QED) is 0.647. The van der Waals surface area contributed by atoms with Crippen LogP contribution in [0.3, 0.4) is 0 Å². The zero-order valence-electron chi connectivity index (χ0n) is 9.87. The van der Waals surface area contributed by atoms with Gasteiger partial charge in [0, 0.05) is 13.6 Å². The Morgan fingerprint density at radius 3 is 2.81 bits per heavy atom. The summed E-state index contributed by atoms with van der Waals surface area (Å²) in [6.07, 6.45) is 2.86. The maximum Gasteiger partial charge on any atom is 0.134 e. The van der Waals surface area contributed by atoms with Gasteiger partial charge in [0.1, 0.15) is 5.75 Å². The third-order valence-electron chi connectivity index (χ3n) is 2.24. The Hall–Kier alpha value is -1.22. The van der Waals surface area contributed by atoms with Gasteiger partial charge in [-0.3, -0.25) is 0 Å².